The van der Waals surface area contributed by atoms with E-state index in [0.717, 1.165) is 16.0 Å². The lowest BCUT2D eigenvalue weighted by atomic mass is 10.0. The summed E-state index contributed by atoms with van der Waals surface area (Å²) < 4.78 is 12.2. The summed E-state index contributed by atoms with van der Waals surface area (Å²) in [7, 11) is 0. The van der Waals surface area contributed by atoms with Crippen LogP contribution in [-0.2, 0) is 0 Å². The van der Waals surface area contributed by atoms with Crippen LogP contribution in [0, 0.1) is 6.92 Å². The molecule has 1 aromatic carbocycles. The number of hydrogen-bond acceptors (Lipinski definition) is 8. The lowest BCUT2D eigenvalue weighted by Gasteiger charge is -2.38. The third-order valence-electron chi connectivity index (χ3n) is 6.28. The van der Waals surface area contributed by atoms with Gasteiger partial charge in [-0.15, -0.1) is 5.10 Å². The summed E-state index contributed by atoms with van der Waals surface area (Å²) in [6, 6.07) is 15.1. The van der Waals surface area contributed by atoms with Gasteiger partial charge < -0.3 is 18.8 Å². The van der Waals surface area contributed by atoms with E-state index >= 15 is 0 Å². The monoisotopic (exact) mass is 489 g/mol. The van der Waals surface area contributed by atoms with Gasteiger partial charge in [-0.3, -0.25) is 9.69 Å². The van der Waals surface area contributed by atoms with Crippen LogP contribution >= 0.6 is 11.3 Å². The molecule has 1 amide bonds. The van der Waals surface area contributed by atoms with Crippen molar-refractivity contribution in [3.8, 4) is 17.5 Å². The third kappa shape index (κ3) is 3.90. The average molecular weight is 490 g/mol. The van der Waals surface area contributed by atoms with E-state index < -0.39 is 0 Å². The second-order valence-electron chi connectivity index (χ2n) is 8.52. The van der Waals surface area contributed by atoms with Crippen LogP contribution in [0.5, 0.6) is 5.88 Å². The molecule has 5 aromatic rings. The fourth-order valence-electron chi connectivity index (χ4n) is 4.45. The Morgan fingerprint density at radius 2 is 1.77 bits per heavy atom. The van der Waals surface area contributed by atoms with Crippen LogP contribution in [0.2, 0.25) is 0 Å². The lowest BCUT2D eigenvalue weighted by Crippen LogP contribution is -2.49. The number of benzene rings is 1. The zero-order chi connectivity index (χ0) is 23.9. The van der Waals surface area contributed by atoms with Gasteiger partial charge >= 0.3 is 0 Å². The van der Waals surface area contributed by atoms with Crippen LogP contribution < -0.4 is 0 Å². The van der Waals surface area contributed by atoms with E-state index in [0.29, 0.717) is 48.5 Å². The minimum atomic E-state index is -0.197. The van der Waals surface area contributed by atoms with E-state index in [4.69, 9.17) is 8.83 Å². The standard InChI is InChI=1S/C25H23N5O4S/c1-16-6-8-17(9-7-16)20(28-10-12-29(13-11-28)23(31)19-5-3-15-34-19)21-24(32)30-25(35-21)26-22(27-30)18-4-2-14-33-18/h2-9,14-15,20,32H,10-13H2,1H3/t20-/m1/s1. The molecule has 1 atom stereocenters. The first-order valence-electron chi connectivity index (χ1n) is 11.3. The normalized spacial score (nSPS) is 15.6. The van der Waals surface area contributed by atoms with Crippen LogP contribution in [0.25, 0.3) is 16.5 Å². The summed E-state index contributed by atoms with van der Waals surface area (Å²) in [4.78, 5) is 22.7. The van der Waals surface area contributed by atoms with Crippen molar-refractivity contribution in [2.75, 3.05) is 26.2 Å². The van der Waals surface area contributed by atoms with E-state index in [1.807, 2.05) is 0 Å². The average Bonchev–Trinajstić information content (AvgIpc) is 3.68. The van der Waals surface area contributed by atoms with Crippen molar-refractivity contribution in [1.29, 1.82) is 0 Å². The highest BCUT2D eigenvalue weighted by molar-refractivity contribution is 7.17. The number of hydrogen-bond donors (Lipinski definition) is 1. The Morgan fingerprint density at radius 1 is 1.03 bits per heavy atom. The highest BCUT2D eigenvalue weighted by Crippen LogP contribution is 2.41. The Labute approximate surface area is 204 Å². The van der Waals surface area contributed by atoms with Gasteiger partial charge in [0.25, 0.3) is 5.91 Å². The van der Waals surface area contributed by atoms with Crippen molar-refractivity contribution < 1.29 is 18.7 Å². The summed E-state index contributed by atoms with van der Waals surface area (Å²) >= 11 is 1.41. The van der Waals surface area contributed by atoms with Crippen molar-refractivity contribution in [2.24, 2.45) is 0 Å². The minimum absolute atomic E-state index is 0.0648. The molecule has 0 unspecified atom stereocenters. The summed E-state index contributed by atoms with van der Waals surface area (Å²) in [6.07, 6.45) is 3.08. The first-order valence-corrected chi connectivity index (χ1v) is 12.2. The van der Waals surface area contributed by atoms with Crippen LogP contribution in [-0.4, -0.2) is 61.6 Å². The zero-order valence-electron chi connectivity index (χ0n) is 19.0. The highest BCUT2D eigenvalue weighted by atomic mass is 32.1. The molecule has 1 saturated heterocycles. The van der Waals surface area contributed by atoms with Gasteiger partial charge in [-0.25, -0.2) is 0 Å². The van der Waals surface area contributed by atoms with Gasteiger partial charge in [-0.05, 0) is 36.8 Å². The van der Waals surface area contributed by atoms with Crippen molar-refractivity contribution in [1.82, 2.24) is 24.4 Å². The quantitative estimate of drug-likeness (QED) is 0.395. The maximum absolute atomic E-state index is 12.7. The number of carbonyl (C=O) groups excluding carboxylic acids is 1. The van der Waals surface area contributed by atoms with Gasteiger partial charge in [0, 0.05) is 26.2 Å². The van der Waals surface area contributed by atoms with Gasteiger partial charge in [0.15, 0.2) is 11.5 Å². The van der Waals surface area contributed by atoms with Crippen LogP contribution in [0.3, 0.4) is 0 Å². The highest BCUT2D eigenvalue weighted by Gasteiger charge is 2.33. The van der Waals surface area contributed by atoms with Crippen molar-refractivity contribution in [2.45, 2.75) is 13.0 Å². The van der Waals surface area contributed by atoms with Crippen LogP contribution in [0.1, 0.15) is 32.6 Å². The number of rotatable bonds is 5. The second kappa shape index (κ2) is 8.71. The Balaban J connectivity index is 1.32. The Kier molecular flexibility index (Phi) is 5.39. The fraction of sp³-hybridized carbons (Fsp3) is 0.240. The second-order valence-corrected chi connectivity index (χ2v) is 9.52. The molecular weight excluding hydrogens is 466 g/mol. The van der Waals surface area contributed by atoms with Crippen molar-refractivity contribution in [3.63, 3.8) is 0 Å². The Hall–Kier alpha value is -3.89. The molecule has 0 bridgehead atoms. The Morgan fingerprint density at radius 3 is 2.43 bits per heavy atom. The first-order chi connectivity index (χ1) is 17.1. The number of aryl methyl sites for hydroxylation is 1. The molecule has 35 heavy (non-hydrogen) atoms. The molecule has 4 aromatic heterocycles. The number of amides is 1. The molecule has 0 aliphatic carbocycles. The molecule has 6 rings (SSSR count). The topological polar surface area (TPSA) is 100 Å². The number of carbonyl (C=O) groups is 1. The number of aromatic nitrogens is 3. The van der Waals surface area contributed by atoms with E-state index in [1.54, 1.807) is 35.4 Å². The summed E-state index contributed by atoms with van der Waals surface area (Å²) in [5, 5.41) is 15.7. The smallest absolute Gasteiger partial charge is 0.289 e. The summed E-state index contributed by atoms with van der Waals surface area (Å²) in [5.74, 6) is 1.29. The molecule has 10 heteroatoms. The fourth-order valence-corrected chi connectivity index (χ4v) is 5.57. The predicted molar refractivity (Wildman–Crippen MR) is 129 cm³/mol. The van der Waals surface area contributed by atoms with Gasteiger partial charge in [0.1, 0.15) is 0 Å². The molecule has 1 aliphatic heterocycles. The maximum Gasteiger partial charge on any atom is 0.289 e. The predicted octanol–water partition coefficient (Wildman–Crippen LogP) is 4.21. The van der Waals surface area contributed by atoms with E-state index in [-0.39, 0.29) is 17.8 Å². The van der Waals surface area contributed by atoms with Gasteiger partial charge in [0.05, 0.1) is 23.4 Å². The molecule has 0 radical (unpaired) electrons. The largest absolute Gasteiger partial charge is 0.492 e. The molecule has 178 valence electrons. The summed E-state index contributed by atoms with van der Waals surface area (Å²) in [6.45, 7) is 4.47. The number of furan rings is 2. The molecule has 1 N–H and O–H groups in total. The number of piperazine rings is 1. The number of thiazole rings is 1. The first kappa shape index (κ1) is 21.6. The van der Waals surface area contributed by atoms with E-state index in [1.165, 1.54) is 22.1 Å². The lowest BCUT2D eigenvalue weighted by molar-refractivity contribution is 0.0568. The molecule has 5 heterocycles. The van der Waals surface area contributed by atoms with Gasteiger partial charge in [-0.1, -0.05) is 41.2 Å². The third-order valence-corrected chi connectivity index (χ3v) is 7.35. The summed E-state index contributed by atoms with van der Waals surface area (Å²) in [5.41, 5.74) is 2.23. The van der Waals surface area contributed by atoms with E-state index in [9.17, 15) is 9.90 Å². The molecule has 1 aliphatic rings. The zero-order valence-corrected chi connectivity index (χ0v) is 19.8. The van der Waals surface area contributed by atoms with Crippen LogP contribution in [0.4, 0.5) is 0 Å². The molecular formula is C25H23N5O4S. The van der Waals surface area contributed by atoms with Gasteiger partial charge in [-0.2, -0.15) is 9.50 Å². The van der Waals surface area contributed by atoms with Crippen molar-refractivity contribution >= 4 is 22.2 Å². The maximum atomic E-state index is 12.7. The van der Waals surface area contributed by atoms with Crippen molar-refractivity contribution in [3.05, 3.63) is 82.8 Å². The van der Waals surface area contributed by atoms with E-state index in [2.05, 4.69) is 46.2 Å². The SMILES string of the molecule is Cc1ccc([C@H](c2sc3nc(-c4ccco4)nn3c2O)N2CCN(C(=O)c3ccco3)CC2)cc1. The number of aromatic hydroxyl groups is 1. The minimum Gasteiger partial charge on any atom is -0.492 e. The molecule has 9 nitrogen and oxygen atoms in total. The number of nitrogens with zero attached hydrogens (tertiary/aromatic N) is 5. The number of fused-ring (bicyclic) bond motifs is 1. The molecule has 0 saturated carbocycles. The molecule has 1 fully saturated rings. The Bertz CT molecular complexity index is 1450. The van der Waals surface area contributed by atoms with Crippen LogP contribution in [0.15, 0.2) is 69.9 Å². The molecule has 0 spiro atoms. The van der Waals surface area contributed by atoms with Gasteiger partial charge in [0.2, 0.25) is 16.7 Å².